The van der Waals surface area contributed by atoms with Crippen molar-refractivity contribution >= 4 is 11.6 Å². The van der Waals surface area contributed by atoms with Crippen molar-refractivity contribution in [3.05, 3.63) is 65.2 Å². The van der Waals surface area contributed by atoms with E-state index < -0.39 is 6.10 Å². The number of fused-ring (bicyclic) bond motifs is 1. The quantitative estimate of drug-likeness (QED) is 0.805. The third kappa shape index (κ3) is 3.32. The van der Waals surface area contributed by atoms with E-state index in [1.807, 2.05) is 58.0 Å². The fraction of sp³-hybridized carbons (Fsp3) is 0.348. The molecule has 2 aromatic rings. The van der Waals surface area contributed by atoms with Crippen molar-refractivity contribution in [2.45, 2.75) is 52.7 Å². The lowest BCUT2D eigenvalue weighted by Crippen LogP contribution is -2.47. The van der Waals surface area contributed by atoms with Crippen LogP contribution in [0.4, 0.5) is 5.69 Å². The van der Waals surface area contributed by atoms with Gasteiger partial charge in [0.05, 0.1) is 6.04 Å². The summed E-state index contributed by atoms with van der Waals surface area (Å²) in [6, 6.07) is 9.47. The Morgan fingerprint density at radius 3 is 2.52 bits per heavy atom. The highest BCUT2D eigenvalue weighted by atomic mass is 16.5. The standard InChI is InChI=1S/C23H27NO3/c1-6-14(2)24(18-10-8-7-9-11-18)23(26)20-13-12-19-17(5)21(25)15(3)16(4)22(19)27-20/h6-11,14,20,25H,1,12-13H2,2-5H3. The lowest BCUT2D eigenvalue weighted by molar-refractivity contribution is -0.126. The van der Waals surface area contributed by atoms with Gasteiger partial charge in [-0.2, -0.15) is 0 Å². The van der Waals surface area contributed by atoms with Crippen LogP contribution in [0.2, 0.25) is 0 Å². The van der Waals surface area contributed by atoms with Crippen molar-refractivity contribution in [2.24, 2.45) is 0 Å². The fourth-order valence-corrected chi connectivity index (χ4v) is 3.69. The molecule has 0 aromatic heterocycles. The summed E-state index contributed by atoms with van der Waals surface area (Å²) < 4.78 is 6.20. The van der Waals surface area contributed by atoms with Crippen LogP contribution in [0.25, 0.3) is 0 Å². The Hall–Kier alpha value is -2.75. The van der Waals surface area contributed by atoms with Crippen LogP contribution in [0.15, 0.2) is 43.0 Å². The first-order valence-corrected chi connectivity index (χ1v) is 9.35. The maximum Gasteiger partial charge on any atom is 0.268 e. The van der Waals surface area contributed by atoms with Gasteiger partial charge in [-0.1, -0.05) is 24.3 Å². The molecule has 2 aromatic carbocycles. The Bertz CT molecular complexity index is 873. The van der Waals surface area contributed by atoms with Crippen molar-refractivity contribution in [2.75, 3.05) is 4.90 Å². The molecule has 2 atom stereocenters. The van der Waals surface area contributed by atoms with Gasteiger partial charge in [-0.25, -0.2) is 0 Å². The van der Waals surface area contributed by atoms with Gasteiger partial charge in [0.1, 0.15) is 11.5 Å². The Labute approximate surface area is 161 Å². The second-order valence-corrected chi connectivity index (χ2v) is 7.20. The monoisotopic (exact) mass is 365 g/mol. The summed E-state index contributed by atoms with van der Waals surface area (Å²) >= 11 is 0. The molecular weight excluding hydrogens is 338 g/mol. The van der Waals surface area contributed by atoms with Gasteiger partial charge < -0.3 is 14.7 Å². The lowest BCUT2D eigenvalue weighted by Gasteiger charge is -2.34. The molecule has 3 rings (SSSR count). The number of phenols is 1. The van der Waals surface area contributed by atoms with Crippen molar-refractivity contribution < 1.29 is 14.6 Å². The average molecular weight is 365 g/mol. The van der Waals surface area contributed by atoms with Crippen LogP contribution >= 0.6 is 0 Å². The van der Waals surface area contributed by atoms with Gasteiger partial charge in [-0.15, -0.1) is 6.58 Å². The van der Waals surface area contributed by atoms with E-state index in [0.29, 0.717) is 18.6 Å². The summed E-state index contributed by atoms with van der Waals surface area (Å²) in [5.41, 5.74) is 4.38. The topological polar surface area (TPSA) is 49.8 Å². The molecule has 4 heteroatoms. The third-order valence-electron chi connectivity index (χ3n) is 5.55. The molecule has 0 bridgehead atoms. The summed E-state index contributed by atoms with van der Waals surface area (Å²) in [5.74, 6) is 1.000. The molecule has 1 aliphatic heterocycles. The first-order chi connectivity index (χ1) is 12.9. The fourth-order valence-electron chi connectivity index (χ4n) is 3.69. The highest BCUT2D eigenvalue weighted by Crippen LogP contribution is 2.41. The molecule has 1 aliphatic rings. The van der Waals surface area contributed by atoms with Crippen molar-refractivity contribution in [1.29, 1.82) is 0 Å². The number of carbonyl (C=O) groups excluding carboxylic acids is 1. The van der Waals surface area contributed by atoms with Gasteiger partial charge in [0.2, 0.25) is 0 Å². The zero-order valence-corrected chi connectivity index (χ0v) is 16.5. The van der Waals surface area contributed by atoms with Crippen LogP contribution in [0.5, 0.6) is 11.5 Å². The minimum absolute atomic E-state index is 0.0676. The molecule has 1 heterocycles. The molecule has 0 radical (unpaired) electrons. The smallest absolute Gasteiger partial charge is 0.268 e. The van der Waals surface area contributed by atoms with Crippen LogP contribution < -0.4 is 9.64 Å². The highest BCUT2D eigenvalue weighted by molar-refractivity contribution is 5.97. The SMILES string of the molecule is C=CC(C)N(C(=O)C1CCc2c(C)c(O)c(C)c(C)c2O1)c1ccccc1. The number of benzene rings is 2. The normalized spacial score (nSPS) is 16.8. The van der Waals surface area contributed by atoms with E-state index in [9.17, 15) is 9.90 Å². The van der Waals surface area contributed by atoms with E-state index in [2.05, 4.69) is 6.58 Å². The molecular formula is C23H27NO3. The molecule has 1 N–H and O–H groups in total. The van der Waals surface area contributed by atoms with Crippen molar-refractivity contribution in [3.63, 3.8) is 0 Å². The highest BCUT2D eigenvalue weighted by Gasteiger charge is 2.34. The summed E-state index contributed by atoms with van der Waals surface area (Å²) in [4.78, 5) is 15.1. The zero-order valence-electron chi connectivity index (χ0n) is 16.5. The number of ether oxygens (including phenoxy) is 1. The van der Waals surface area contributed by atoms with Crippen LogP contribution in [0.3, 0.4) is 0 Å². The number of hydrogen-bond acceptors (Lipinski definition) is 3. The van der Waals surface area contributed by atoms with E-state index >= 15 is 0 Å². The predicted molar refractivity (Wildman–Crippen MR) is 109 cm³/mol. The van der Waals surface area contributed by atoms with Gasteiger partial charge in [0.15, 0.2) is 6.10 Å². The second-order valence-electron chi connectivity index (χ2n) is 7.20. The van der Waals surface area contributed by atoms with E-state index in [4.69, 9.17) is 4.74 Å². The van der Waals surface area contributed by atoms with Crippen LogP contribution in [0, 0.1) is 20.8 Å². The average Bonchev–Trinajstić information content (AvgIpc) is 2.70. The minimum atomic E-state index is -0.554. The summed E-state index contributed by atoms with van der Waals surface area (Å²) in [6.45, 7) is 11.5. The van der Waals surface area contributed by atoms with Crippen molar-refractivity contribution in [3.8, 4) is 11.5 Å². The van der Waals surface area contributed by atoms with E-state index in [-0.39, 0.29) is 11.9 Å². The molecule has 0 saturated carbocycles. The summed E-state index contributed by atoms with van der Waals surface area (Å²) in [7, 11) is 0. The summed E-state index contributed by atoms with van der Waals surface area (Å²) in [5, 5.41) is 10.3. The molecule has 0 spiro atoms. The number of amides is 1. The number of nitrogens with zero attached hydrogens (tertiary/aromatic N) is 1. The third-order valence-corrected chi connectivity index (χ3v) is 5.55. The van der Waals surface area contributed by atoms with Crippen LogP contribution in [0.1, 0.15) is 35.6 Å². The maximum absolute atomic E-state index is 13.4. The number of aromatic hydroxyl groups is 1. The first-order valence-electron chi connectivity index (χ1n) is 9.35. The van der Waals surface area contributed by atoms with Crippen LogP contribution in [-0.4, -0.2) is 23.2 Å². The lowest BCUT2D eigenvalue weighted by atomic mass is 9.91. The zero-order chi connectivity index (χ0) is 19.7. The Kier molecular flexibility index (Phi) is 5.26. The first kappa shape index (κ1) is 19.0. The molecule has 0 aliphatic carbocycles. The van der Waals surface area contributed by atoms with E-state index in [0.717, 1.165) is 33.7 Å². The molecule has 0 fully saturated rings. The number of anilines is 1. The summed E-state index contributed by atoms with van der Waals surface area (Å²) in [6.07, 6.45) is 2.50. The van der Waals surface area contributed by atoms with Gasteiger partial charge in [0.25, 0.3) is 5.91 Å². The van der Waals surface area contributed by atoms with Crippen LogP contribution in [-0.2, 0) is 11.2 Å². The minimum Gasteiger partial charge on any atom is -0.507 e. The Morgan fingerprint density at radius 1 is 1.22 bits per heavy atom. The number of rotatable bonds is 4. The van der Waals surface area contributed by atoms with Crippen molar-refractivity contribution in [1.82, 2.24) is 0 Å². The van der Waals surface area contributed by atoms with E-state index in [1.54, 1.807) is 11.0 Å². The van der Waals surface area contributed by atoms with E-state index in [1.165, 1.54) is 0 Å². The second kappa shape index (κ2) is 7.47. The number of hydrogen-bond donors (Lipinski definition) is 1. The molecule has 27 heavy (non-hydrogen) atoms. The largest absolute Gasteiger partial charge is 0.507 e. The molecule has 142 valence electrons. The molecule has 1 amide bonds. The number of carbonyl (C=O) groups is 1. The molecule has 0 saturated heterocycles. The maximum atomic E-state index is 13.4. The van der Waals surface area contributed by atoms with Gasteiger partial charge in [-0.05, 0) is 69.4 Å². The molecule has 2 unspecified atom stereocenters. The Morgan fingerprint density at radius 2 is 1.89 bits per heavy atom. The van der Waals surface area contributed by atoms with Gasteiger partial charge >= 0.3 is 0 Å². The van der Waals surface area contributed by atoms with Gasteiger partial charge in [-0.3, -0.25) is 4.79 Å². The predicted octanol–water partition coefficient (Wildman–Crippen LogP) is 4.62. The van der Waals surface area contributed by atoms with Gasteiger partial charge in [0, 0.05) is 11.3 Å². The number of phenolic OH excluding ortho intramolecular Hbond substituents is 1. The molecule has 4 nitrogen and oxygen atoms in total. The Balaban J connectivity index is 1.96. The number of para-hydroxylation sites is 1.